The average molecular weight is 325 g/mol. The molecular formula is C18H13ClN2O2. The van der Waals surface area contributed by atoms with E-state index >= 15 is 0 Å². The van der Waals surface area contributed by atoms with Crippen LogP contribution in [0.5, 0.6) is 0 Å². The predicted octanol–water partition coefficient (Wildman–Crippen LogP) is 4.07. The highest BCUT2D eigenvalue weighted by Gasteiger charge is 2.14. The zero-order valence-electron chi connectivity index (χ0n) is 12.0. The largest absolute Gasteiger partial charge is 0.318 e. The van der Waals surface area contributed by atoms with Crippen LogP contribution >= 0.6 is 11.6 Å². The minimum absolute atomic E-state index is 0.507. The summed E-state index contributed by atoms with van der Waals surface area (Å²) in [7, 11) is 0. The van der Waals surface area contributed by atoms with Crippen molar-refractivity contribution in [3.63, 3.8) is 0 Å². The minimum Gasteiger partial charge on any atom is -0.318 e. The fourth-order valence-corrected chi connectivity index (χ4v) is 2.30. The van der Waals surface area contributed by atoms with Gasteiger partial charge in [-0.2, -0.15) is 0 Å². The molecule has 114 valence electrons. The van der Waals surface area contributed by atoms with Gasteiger partial charge in [-0.05, 0) is 47.2 Å². The van der Waals surface area contributed by atoms with Crippen molar-refractivity contribution in [2.75, 3.05) is 10.6 Å². The van der Waals surface area contributed by atoms with Crippen molar-refractivity contribution < 1.29 is 9.59 Å². The van der Waals surface area contributed by atoms with E-state index in [9.17, 15) is 9.59 Å². The maximum Gasteiger partial charge on any atom is 0.314 e. The fourth-order valence-electron chi connectivity index (χ4n) is 2.18. The van der Waals surface area contributed by atoms with Crippen molar-refractivity contribution in [3.8, 4) is 0 Å². The Morgan fingerprint density at radius 1 is 0.696 bits per heavy atom. The number of hydrogen-bond acceptors (Lipinski definition) is 2. The first-order valence-electron chi connectivity index (χ1n) is 6.98. The number of rotatable bonds is 2. The van der Waals surface area contributed by atoms with E-state index in [0.717, 1.165) is 10.8 Å². The Morgan fingerprint density at radius 2 is 1.26 bits per heavy atom. The van der Waals surface area contributed by atoms with Crippen LogP contribution in [0.15, 0.2) is 66.7 Å². The third-order valence-electron chi connectivity index (χ3n) is 3.32. The maximum atomic E-state index is 12.0. The SMILES string of the molecule is O=C(Nc1ccc(Cl)cc1)C(=O)Nc1ccc2ccccc2c1. The van der Waals surface area contributed by atoms with E-state index in [0.29, 0.717) is 16.4 Å². The van der Waals surface area contributed by atoms with Gasteiger partial charge < -0.3 is 10.6 Å². The van der Waals surface area contributed by atoms with Gasteiger partial charge in [-0.3, -0.25) is 9.59 Å². The van der Waals surface area contributed by atoms with E-state index < -0.39 is 11.8 Å². The van der Waals surface area contributed by atoms with Crippen LogP contribution in [0.3, 0.4) is 0 Å². The molecule has 0 heterocycles. The molecule has 0 aromatic heterocycles. The van der Waals surface area contributed by atoms with Crippen molar-refractivity contribution in [2.45, 2.75) is 0 Å². The van der Waals surface area contributed by atoms with Gasteiger partial charge in [0, 0.05) is 16.4 Å². The van der Waals surface area contributed by atoms with E-state index in [1.54, 1.807) is 30.3 Å². The van der Waals surface area contributed by atoms with Crippen LogP contribution < -0.4 is 10.6 Å². The number of nitrogens with one attached hydrogen (secondary N) is 2. The standard InChI is InChI=1S/C18H13ClN2O2/c19-14-6-9-15(10-7-14)20-17(22)18(23)21-16-8-5-12-3-1-2-4-13(12)11-16/h1-11H,(H,20,22)(H,21,23). The summed E-state index contributed by atoms with van der Waals surface area (Å²) in [5.74, 6) is -1.46. The Hall–Kier alpha value is -2.85. The van der Waals surface area contributed by atoms with Gasteiger partial charge in [-0.25, -0.2) is 0 Å². The molecule has 4 nitrogen and oxygen atoms in total. The second-order valence-corrected chi connectivity index (χ2v) is 5.41. The zero-order chi connectivity index (χ0) is 16.2. The van der Waals surface area contributed by atoms with Gasteiger partial charge >= 0.3 is 11.8 Å². The molecule has 0 aliphatic rings. The van der Waals surface area contributed by atoms with Crippen molar-refractivity contribution >= 4 is 45.6 Å². The van der Waals surface area contributed by atoms with Crippen molar-refractivity contribution in [1.82, 2.24) is 0 Å². The molecule has 3 rings (SSSR count). The summed E-state index contributed by atoms with van der Waals surface area (Å²) < 4.78 is 0. The summed E-state index contributed by atoms with van der Waals surface area (Å²) in [5, 5.41) is 7.72. The first-order valence-corrected chi connectivity index (χ1v) is 7.36. The van der Waals surface area contributed by atoms with Crippen LogP contribution in [0, 0.1) is 0 Å². The van der Waals surface area contributed by atoms with Crippen LogP contribution in [0.25, 0.3) is 10.8 Å². The molecule has 0 fully saturated rings. The quantitative estimate of drug-likeness (QED) is 0.698. The maximum absolute atomic E-state index is 12.0. The second kappa shape index (κ2) is 6.50. The number of anilines is 2. The highest BCUT2D eigenvalue weighted by Crippen LogP contribution is 2.19. The third-order valence-corrected chi connectivity index (χ3v) is 3.57. The molecule has 0 bridgehead atoms. The molecule has 23 heavy (non-hydrogen) atoms. The lowest BCUT2D eigenvalue weighted by Crippen LogP contribution is -2.29. The lowest BCUT2D eigenvalue weighted by atomic mass is 10.1. The topological polar surface area (TPSA) is 58.2 Å². The number of halogens is 1. The molecule has 2 N–H and O–H groups in total. The van der Waals surface area contributed by atoms with Gasteiger partial charge in [0.25, 0.3) is 0 Å². The normalized spacial score (nSPS) is 10.3. The van der Waals surface area contributed by atoms with Crippen molar-refractivity contribution in [3.05, 3.63) is 71.8 Å². The summed E-state index contributed by atoms with van der Waals surface area (Å²) >= 11 is 5.77. The highest BCUT2D eigenvalue weighted by atomic mass is 35.5. The first-order chi connectivity index (χ1) is 11.1. The highest BCUT2D eigenvalue weighted by molar-refractivity contribution is 6.43. The van der Waals surface area contributed by atoms with Gasteiger partial charge in [0.05, 0.1) is 0 Å². The summed E-state index contributed by atoms with van der Waals surface area (Å²) in [6, 6.07) is 19.8. The fraction of sp³-hybridized carbons (Fsp3) is 0. The second-order valence-electron chi connectivity index (χ2n) is 4.98. The lowest BCUT2D eigenvalue weighted by molar-refractivity contribution is -0.132. The Morgan fingerprint density at radius 3 is 1.96 bits per heavy atom. The smallest absolute Gasteiger partial charge is 0.314 e. The Bertz CT molecular complexity index is 876. The summed E-state index contributed by atoms with van der Waals surface area (Å²) in [6.45, 7) is 0. The molecule has 3 aromatic carbocycles. The van der Waals surface area contributed by atoms with E-state index in [4.69, 9.17) is 11.6 Å². The number of fused-ring (bicyclic) bond motifs is 1. The molecule has 3 aromatic rings. The Balaban J connectivity index is 1.69. The Labute approximate surface area is 138 Å². The molecule has 0 aliphatic heterocycles. The molecule has 0 saturated heterocycles. The molecule has 0 spiro atoms. The van der Waals surface area contributed by atoms with E-state index in [1.165, 1.54) is 0 Å². The summed E-state index contributed by atoms with van der Waals surface area (Å²) in [4.78, 5) is 23.9. The van der Waals surface area contributed by atoms with Gasteiger partial charge in [-0.1, -0.05) is 41.9 Å². The van der Waals surface area contributed by atoms with E-state index in [1.807, 2.05) is 36.4 Å². The number of amides is 2. The molecular weight excluding hydrogens is 312 g/mol. The molecule has 0 aliphatic carbocycles. The first kappa shape index (κ1) is 15.1. The zero-order valence-corrected chi connectivity index (χ0v) is 12.8. The number of carbonyl (C=O) groups is 2. The molecule has 0 unspecified atom stereocenters. The van der Waals surface area contributed by atoms with Gasteiger partial charge in [-0.15, -0.1) is 0 Å². The lowest BCUT2D eigenvalue weighted by Gasteiger charge is -2.07. The van der Waals surface area contributed by atoms with Crippen LogP contribution in [0.4, 0.5) is 11.4 Å². The number of hydrogen-bond donors (Lipinski definition) is 2. The van der Waals surface area contributed by atoms with E-state index in [-0.39, 0.29) is 0 Å². The molecule has 0 radical (unpaired) electrons. The molecule has 2 amide bonds. The van der Waals surface area contributed by atoms with E-state index in [2.05, 4.69) is 10.6 Å². The Kier molecular flexibility index (Phi) is 4.26. The van der Waals surface area contributed by atoms with Crippen LogP contribution in [0.2, 0.25) is 5.02 Å². The molecule has 0 atom stereocenters. The van der Waals surface area contributed by atoms with Crippen LogP contribution in [-0.4, -0.2) is 11.8 Å². The number of carbonyl (C=O) groups excluding carboxylic acids is 2. The van der Waals surface area contributed by atoms with Gasteiger partial charge in [0.15, 0.2) is 0 Å². The van der Waals surface area contributed by atoms with Gasteiger partial charge in [0.2, 0.25) is 0 Å². The van der Waals surface area contributed by atoms with Crippen LogP contribution in [-0.2, 0) is 9.59 Å². The predicted molar refractivity (Wildman–Crippen MR) is 92.7 cm³/mol. The summed E-state index contributed by atoms with van der Waals surface area (Å²) in [6.07, 6.45) is 0. The van der Waals surface area contributed by atoms with Crippen molar-refractivity contribution in [2.24, 2.45) is 0 Å². The monoisotopic (exact) mass is 324 g/mol. The summed E-state index contributed by atoms with van der Waals surface area (Å²) in [5.41, 5.74) is 1.08. The third kappa shape index (κ3) is 3.67. The van der Waals surface area contributed by atoms with Crippen LogP contribution in [0.1, 0.15) is 0 Å². The van der Waals surface area contributed by atoms with Crippen molar-refractivity contribution in [1.29, 1.82) is 0 Å². The minimum atomic E-state index is -0.736. The molecule has 0 saturated carbocycles. The average Bonchev–Trinajstić information content (AvgIpc) is 2.56. The number of benzene rings is 3. The molecule has 5 heteroatoms. The van der Waals surface area contributed by atoms with Gasteiger partial charge in [0.1, 0.15) is 0 Å².